The molecule has 0 saturated carbocycles. The fourth-order valence-electron chi connectivity index (χ4n) is 6.27. The zero-order chi connectivity index (χ0) is 36.2. The number of carbonyl (C=O) groups is 1. The van der Waals surface area contributed by atoms with E-state index in [2.05, 4.69) is 82.5 Å². The number of thiophene rings is 1. The van der Waals surface area contributed by atoms with Crippen LogP contribution in [0.15, 0.2) is 39.0 Å². The van der Waals surface area contributed by atoms with E-state index in [4.69, 9.17) is 15.5 Å². The van der Waals surface area contributed by atoms with Crippen LogP contribution in [0.25, 0.3) is 15.7 Å². The number of aliphatic imine (C=N–C) groups is 1. The molecule has 6 rings (SSSR count). The largest absolute Gasteiger partial charge is 0.389 e. The standard InChI is InChI=1S/C30H36FN8O2PS.C4H10.C2H6/c1-6-7-19(14(2)40)35-28-22-17-11-41-10-16(17)20(23-21-15(8-32)27(33)43-26(21)18(31)9-34-23)25(42)24(22)36-29(37-28)39-12-30(3,13-39)38(4)5;1-3-4-2;1-2/h9,19,24,35H,6-7,10-13,33,42H2,1-5H3,(H,36,37);3-4H2,1-2H3;1-2H3. The maximum Gasteiger partial charge on any atom is 0.200 e. The molecule has 3 aliphatic heterocycles. The summed E-state index contributed by atoms with van der Waals surface area (Å²) in [6, 6.07) is 1.36. The van der Waals surface area contributed by atoms with Crippen molar-refractivity contribution in [3.05, 3.63) is 51.1 Å². The number of likely N-dealkylation sites (N-methyl/N-ethyl adjacent to an activating group) is 1. The van der Waals surface area contributed by atoms with Gasteiger partial charge in [-0.2, -0.15) is 5.26 Å². The first kappa shape index (κ1) is 38.4. The Hall–Kier alpha value is -3.36. The van der Waals surface area contributed by atoms with Crippen LogP contribution in [0.2, 0.25) is 0 Å². The Morgan fingerprint density at radius 2 is 1.92 bits per heavy atom. The molecule has 0 bridgehead atoms. The molecule has 2 aromatic rings. The number of likely N-dealkylation sites (tertiary alicyclic amines) is 1. The third-order valence-electron chi connectivity index (χ3n) is 9.47. The number of ether oxygens (including phenoxy) is 1. The number of hydrogen-bond donors (Lipinski definition) is 3. The Morgan fingerprint density at radius 1 is 1.27 bits per heavy atom. The number of ketones is 1. The van der Waals surface area contributed by atoms with Gasteiger partial charge in [0.1, 0.15) is 22.9 Å². The van der Waals surface area contributed by atoms with Crippen LogP contribution >= 0.6 is 20.6 Å². The summed E-state index contributed by atoms with van der Waals surface area (Å²) in [6.45, 7) is 16.5. The van der Waals surface area contributed by atoms with E-state index in [1.54, 1.807) is 6.92 Å². The summed E-state index contributed by atoms with van der Waals surface area (Å²) >= 11 is 1.05. The molecule has 3 atom stereocenters. The summed E-state index contributed by atoms with van der Waals surface area (Å²) in [5, 5.41) is 18.5. The summed E-state index contributed by atoms with van der Waals surface area (Å²) in [7, 11) is 7.01. The molecule has 1 fully saturated rings. The van der Waals surface area contributed by atoms with Gasteiger partial charge in [0.2, 0.25) is 5.96 Å². The van der Waals surface area contributed by atoms with E-state index >= 15 is 0 Å². The second kappa shape index (κ2) is 16.1. The minimum Gasteiger partial charge on any atom is -0.389 e. The van der Waals surface area contributed by atoms with Crippen molar-refractivity contribution in [2.75, 3.05) is 46.1 Å². The number of nitrogens with zero attached hydrogens (tertiary/aromatic N) is 5. The van der Waals surface area contributed by atoms with Gasteiger partial charge in [-0.3, -0.25) is 9.78 Å². The molecule has 2 aromatic heterocycles. The predicted molar refractivity (Wildman–Crippen MR) is 203 cm³/mol. The molecule has 4 N–H and O–H groups in total. The van der Waals surface area contributed by atoms with E-state index < -0.39 is 11.9 Å². The average Bonchev–Trinajstić information content (AvgIpc) is 3.69. The van der Waals surface area contributed by atoms with Crippen molar-refractivity contribution in [1.29, 1.82) is 5.26 Å². The van der Waals surface area contributed by atoms with Gasteiger partial charge in [0.05, 0.1) is 46.9 Å². The van der Waals surface area contributed by atoms with Crippen molar-refractivity contribution >= 4 is 53.0 Å². The monoisotopic (exact) mass is 710 g/mol. The van der Waals surface area contributed by atoms with E-state index in [0.29, 0.717) is 41.4 Å². The Bertz CT molecular complexity index is 1750. The number of rotatable bonds is 8. The van der Waals surface area contributed by atoms with Crippen molar-refractivity contribution in [3.63, 3.8) is 0 Å². The van der Waals surface area contributed by atoms with Crippen LogP contribution in [0.3, 0.4) is 0 Å². The van der Waals surface area contributed by atoms with Gasteiger partial charge in [-0.05, 0) is 50.8 Å². The van der Waals surface area contributed by atoms with Crippen molar-refractivity contribution in [2.45, 2.75) is 91.8 Å². The summed E-state index contributed by atoms with van der Waals surface area (Å²) in [6.07, 6.45) is 5.37. The van der Waals surface area contributed by atoms with Crippen LogP contribution in [-0.2, 0) is 9.53 Å². The van der Waals surface area contributed by atoms with Gasteiger partial charge in [-0.15, -0.1) is 20.6 Å². The summed E-state index contributed by atoms with van der Waals surface area (Å²) in [5.41, 5.74) is 10.4. The van der Waals surface area contributed by atoms with Gasteiger partial charge in [0.25, 0.3) is 0 Å². The number of nitrogen functional groups attached to an aromatic ring is 1. The lowest BCUT2D eigenvalue weighted by Gasteiger charge is -2.53. The number of halogens is 1. The quantitative estimate of drug-likeness (QED) is 0.275. The Labute approximate surface area is 296 Å². The minimum atomic E-state index is -0.516. The van der Waals surface area contributed by atoms with Crippen LogP contribution in [0, 0.1) is 17.1 Å². The fourth-order valence-corrected chi connectivity index (χ4v) is 7.74. The fraction of sp³-hybridized carbons (Fsp3) is 0.556. The number of unbranched alkanes of at least 4 members (excludes halogenated alkanes) is 1. The minimum absolute atomic E-state index is 0.00841. The molecule has 266 valence electrons. The zero-order valence-corrected chi connectivity index (χ0v) is 32.4. The first-order valence-corrected chi connectivity index (χ1v) is 18.6. The maximum absolute atomic E-state index is 14.9. The highest BCUT2D eigenvalue weighted by Gasteiger charge is 2.46. The first-order chi connectivity index (χ1) is 23.4. The number of fused-ring (bicyclic) bond motifs is 3. The number of hydrogen-bond acceptors (Lipinski definition) is 11. The maximum atomic E-state index is 14.9. The average molecular weight is 711 g/mol. The summed E-state index contributed by atoms with van der Waals surface area (Å²) < 4.78 is 21.3. The number of guanidine groups is 1. The Kier molecular flexibility index (Phi) is 12.6. The number of nitrogens with two attached hydrogens (primary N) is 1. The molecular weight excluding hydrogens is 658 g/mol. The lowest BCUT2D eigenvalue weighted by Crippen LogP contribution is -2.70. The van der Waals surface area contributed by atoms with Crippen LogP contribution < -0.4 is 16.4 Å². The zero-order valence-electron chi connectivity index (χ0n) is 30.4. The number of carbonyl (C=O) groups excluding carboxylic acids is 1. The number of nitriles is 1. The van der Waals surface area contributed by atoms with Crippen LogP contribution in [0.4, 0.5) is 9.39 Å². The second-order valence-electron chi connectivity index (χ2n) is 13.0. The van der Waals surface area contributed by atoms with Gasteiger partial charge < -0.3 is 30.9 Å². The lowest BCUT2D eigenvalue weighted by atomic mass is 9.82. The highest BCUT2D eigenvalue weighted by Crippen LogP contribution is 2.50. The van der Waals surface area contributed by atoms with Crippen molar-refractivity contribution in [2.24, 2.45) is 4.99 Å². The predicted octanol–water partition coefficient (Wildman–Crippen LogP) is 6.17. The Morgan fingerprint density at radius 3 is 2.49 bits per heavy atom. The van der Waals surface area contributed by atoms with Gasteiger partial charge in [0, 0.05) is 29.6 Å². The molecular formula is C36H52FN8O2PS. The molecule has 13 heteroatoms. The van der Waals surface area contributed by atoms with E-state index in [1.165, 1.54) is 19.0 Å². The number of anilines is 1. The number of aromatic nitrogens is 1. The third-order valence-corrected chi connectivity index (χ3v) is 11.1. The highest BCUT2D eigenvalue weighted by atomic mass is 32.1. The molecule has 10 nitrogen and oxygen atoms in total. The third kappa shape index (κ3) is 7.27. The van der Waals surface area contributed by atoms with E-state index in [0.717, 1.165) is 64.3 Å². The molecule has 3 unspecified atom stereocenters. The van der Waals surface area contributed by atoms with Gasteiger partial charge in [0.15, 0.2) is 11.6 Å². The Balaban J connectivity index is 0.000000841. The van der Waals surface area contributed by atoms with E-state index in [1.807, 2.05) is 13.8 Å². The molecule has 0 spiro atoms. The molecule has 0 radical (unpaired) electrons. The summed E-state index contributed by atoms with van der Waals surface area (Å²) in [4.78, 5) is 26.9. The first-order valence-electron chi connectivity index (χ1n) is 17.3. The van der Waals surface area contributed by atoms with Gasteiger partial charge >= 0.3 is 0 Å². The van der Waals surface area contributed by atoms with E-state index in [-0.39, 0.29) is 27.9 Å². The normalized spacial score (nSPS) is 19.9. The molecule has 0 aromatic carbocycles. The van der Waals surface area contributed by atoms with Crippen LogP contribution in [0.1, 0.15) is 85.4 Å². The highest BCUT2D eigenvalue weighted by molar-refractivity contribution is 7.23. The van der Waals surface area contributed by atoms with E-state index in [9.17, 15) is 14.4 Å². The van der Waals surface area contributed by atoms with Crippen molar-refractivity contribution < 1.29 is 13.9 Å². The van der Waals surface area contributed by atoms with Crippen molar-refractivity contribution in [1.82, 2.24) is 25.4 Å². The number of nitrogens with one attached hydrogen (secondary N) is 2. The summed E-state index contributed by atoms with van der Waals surface area (Å²) in [5.74, 6) is 1.01. The van der Waals surface area contributed by atoms with Crippen molar-refractivity contribution in [3.8, 4) is 6.07 Å². The van der Waals surface area contributed by atoms with Gasteiger partial charge in [-0.25, -0.2) is 9.38 Å². The molecule has 1 aliphatic carbocycles. The lowest BCUT2D eigenvalue weighted by molar-refractivity contribution is -0.119. The molecule has 49 heavy (non-hydrogen) atoms. The second-order valence-corrected chi connectivity index (χ2v) is 14.7. The molecule has 4 aliphatic rings. The number of Topliss-reactive ketones (excluding diaryl/α,β-unsaturated/α-hetero) is 1. The molecule has 1 saturated heterocycles. The molecule has 5 heterocycles. The van der Waals surface area contributed by atoms with Gasteiger partial charge in [-0.1, -0.05) is 53.9 Å². The SMILES string of the molecule is CC.CCCC.CCCC(NC1=C2C3=C(COC3)C(c3ncc(F)c4sc(N)c(C#N)c34)=C(P)C2N=C(N2CC(C)(N(C)C)C2)N1)C(C)=O. The smallest absolute Gasteiger partial charge is 0.200 e. The number of pyridine rings is 1. The topological polar surface area (TPSA) is 132 Å². The van der Waals surface area contributed by atoms with Crippen LogP contribution in [-0.4, -0.2) is 84.5 Å². The van der Waals surface area contributed by atoms with Crippen LogP contribution in [0.5, 0.6) is 0 Å². The molecule has 0 amide bonds.